The van der Waals surface area contributed by atoms with Crippen LogP contribution in [0.3, 0.4) is 0 Å². The SMILES string of the molecule is COC(=O)c1ncc(-c2c(C(F)F)ccc(Cl)c2F)nc1C. The molecule has 1 aromatic carbocycles. The highest BCUT2D eigenvalue weighted by atomic mass is 35.5. The lowest BCUT2D eigenvalue weighted by Gasteiger charge is -2.12. The number of rotatable bonds is 3. The summed E-state index contributed by atoms with van der Waals surface area (Å²) in [5.74, 6) is -1.74. The van der Waals surface area contributed by atoms with E-state index in [9.17, 15) is 18.0 Å². The van der Waals surface area contributed by atoms with Gasteiger partial charge in [-0.25, -0.2) is 27.9 Å². The molecular formula is C14H10ClF3N2O2. The summed E-state index contributed by atoms with van der Waals surface area (Å²) >= 11 is 5.64. The number of hydrogen-bond acceptors (Lipinski definition) is 4. The fourth-order valence-electron chi connectivity index (χ4n) is 1.91. The van der Waals surface area contributed by atoms with E-state index in [1.807, 2.05) is 0 Å². The second kappa shape index (κ2) is 6.31. The van der Waals surface area contributed by atoms with Crippen molar-refractivity contribution >= 4 is 17.6 Å². The van der Waals surface area contributed by atoms with E-state index in [0.29, 0.717) is 0 Å². The second-order valence-electron chi connectivity index (χ2n) is 4.31. The first-order valence-electron chi connectivity index (χ1n) is 6.05. The third-order valence-corrected chi connectivity index (χ3v) is 3.24. The van der Waals surface area contributed by atoms with Gasteiger partial charge in [0.25, 0.3) is 6.43 Å². The number of hydrogen-bond donors (Lipinski definition) is 0. The van der Waals surface area contributed by atoms with Crippen LogP contribution < -0.4 is 0 Å². The van der Waals surface area contributed by atoms with Gasteiger partial charge in [0.2, 0.25) is 0 Å². The molecule has 1 heterocycles. The molecule has 0 saturated carbocycles. The molecule has 4 nitrogen and oxygen atoms in total. The Labute approximate surface area is 128 Å². The van der Waals surface area contributed by atoms with Crippen LogP contribution in [0.4, 0.5) is 13.2 Å². The van der Waals surface area contributed by atoms with Crippen molar-refractivity contribution in [1.29, 1.82) is 0 Å². The summed E-state index contributed by atoms with van der Waals surface area (Å²) in [5, 5.41) is -0.309. The van der Waals surface area contributed by atoms with E-state index in [1.165, 1.54) is 14.0 Å². The van der Waals surface area contributed by atoms with Crippen LogP contribution >= 0.6 is 11.6 Å². The number of benzene rings is 1. The van der Waals surface area contributed by atoms with E-state index in [2.05, 4.69) is 14.7 Å². The summed E-state index contributed by atoms with van der Waals surface area (Å²) in [6, 6.07) is 2.07. The molecule has 0 amide bonds. The van der Waals surface area contributed by atoms with Crippen LogP contribution in [0.5, 0.6) is 0 Å². The normalized spacial score (nSPS) is 10.9. The van der Waals surface area contributed by atoms with Gasteiger partial charge in [0.15, 0.2) is 11.5 Å². The smallest absolute Gasteiger partial charge is 0.358 e. The van der Waals surface area contributed by atoms with Gasteiger partial charge in [-0.2, -0.15) is 0 Å². The Morgan fingerprint density at radius 3 is 2.59 bits per heavy atom. The summed E-state index contributed by atoms with van der Waals surface area (Å²) < 4.78 is 44.8. The van der Waals surface area contributed by atoms with Crippen molar-refractivity contribution in [2.24, 2.45) is 0 Å². The zero-order valence-corrected chi connectivity index (χ0v) is 12.3. The molecule has 2 aromatic rings. The van der Waals surface area contributed by atoms with E-state index in [-0.39, 0.29) is 22.1 Å². The maximum Gasteiger partial charge on any atom is 0.358 e. The summed E-state index contributed by atoms with van der Waals surface area (Å²) in [7, 11) is 1.17. The molecule has 0 N–H and O–H groups in total. The molecule has 0 aliphatic rings. The fourth-order valence-corrected chi connectivity index (χ4v) is 2.06. The Morgan fingerprint density at radius 1 is 1.36 bits per heavy atom. The zero-order valence-electron chi connectivity index (χ0n) is 11.5. The summed E-state index contributed by atoms with van der Waals surface area (Å²) in [4.78, 5) is 19.2. The van der Waals surface area contributed by atoms with Crippen molar-refractivity contribution in [3.8, 4) is 11.3 Å². The van der Waals surface area contributed by atoms with Crippen molar-refractivity contribution in [3.05, 3.63) is 46.1 Å². The lowest BCUT2D eigenvalue weighted by atomic mass is 10.0. The quantitative estimate of drug-likeness (QED) is 0.799. The van der Waals surface area contributed by atoms with Crippen LogP contribution in [-0.4, -0.2) is 23.0 Å². The third kappa shape index (κ3) is 2.89. The van der Waals surface area contributed by atoms with Crippen molar-refractivity contribution in [1.82, 2.24) is 9.97 Å². The molecule has 0 saturated heterocycles. The number of aryl methyl sites for hydroxylation is 1. The Morgan fingerprint density at radius 2 is 2.05 bits per heavy atom. The molecule has 0 spiro atoms. The average molecular weight is 331 g/mol. The Bertz CT molecular complexity index is 738. The van der Waals surface area contributed by atoms with Crippen molar-refractivity contribution in [3.63, 3.8) is 0 Å². The van der Waals surface area contributed by atoms with Crippen LogP contribution in [0.25, 0.3) is 11.3 Å². The summed E-state index contributed by atoms with van der Waals surface area (Å²) in [6.45, 7) is 1.44. The highest BCUT2D eigenvalue weighted by molar-refractivity contribution is 6.31. The van der Waals surface area contributed by atoms with Crippen LogP contribution in [0.1, 0.15) is 28.2 Å². The molecule has 0 atom stereocenters. The number of carbonyl (C=O) groups excluding carboxylic acids is 1. The largest absolute Gasteiger partial charge is 0.464 e. The van der Waals surface area contributed by atoms with E-state index in [1.54, 1.807) is 0 Å². The van der Waals surface area contributed by atoms with Crippen LogP contribution in [0.15, 0.2) is 18.3 Å². The Hall–Kier alpha value is -2.15. The van der Waals surface area contributed by atoms with Gasteiger partial charge in [-0.05, 0) is 13.0 Å². The highest BCUT2D eigenvalue weighted by Crippen LogP contribution is 2.35. The minimum Gasteiger partial charge on any atom is -0.464 e. The molecule has 0 unspecified atom stereocenters. The second-order valence-corrected chi connectivity index (χ2v) is 4.71. The summed E-state index contributed by atoms with van der Waals surface area (Å²) in [5.41, 5.74) is -1.08. The standard InChI is InChI=1S/C14H10ClF3N2O2/c1-6-12(14(21)22-2)19-5-9(20-6)10-7(13(17)18)3-4-8(15)11(10)16/h3-5,13H,1-2H3. The fraction of sp³-hybridized carbons (Fsp3) is 0.214. The number of esters is 1. The van der Waals surface area contributed by atoms with Gasteiger partial charge in [-0.3, -0.25) is 0 Å². The van der Waals surface area contributed by atoms with Crippen LogP contribution in [0.2, 0.25) is 5.02 Å². The number of halogens is 4. The molecule has 1 aromatic heterocycles. The summed E-state index contributed by atoms with van der Waals surface area (Å²) in [6.07, 6.45) is -1.89. The molecule has 0 bridgehead atoms. The van der Waals surface area contributed by atoms with Crippen molar-refractivity contribution in [2.45, 2.75) is 13.3 Å². The third-order valence-electron chi connectivity index (χ3n) is 2.94. The van der Waals surface area contributed by atoms with Crippen LogP contribution in [0, 0.1) is 12.7 Å². The van der Waals surface area contributed by atoms with Gasteiger partial charge < -0.3 is 4.74 Å². The molecule has 0 radical (unpaired) electrons. The Balaban J connectivity index is 2.64. The number of ether oxygens (including phenoxy) is 1. The molecule has 0 aliphatic carbocycles. The first-order chi connectivity index (χ1) is 10.4. The van der Waals surface area contributed by atoms with Gasteiger partial charge >= 0.3 is 5.97 Å². The van der Waals surface area contributed by atoms with Gasteiger partial charge in [0, 0.05) is 11.1 Å². The van der Waals surface area contributed by atoms with E-state index < -0.39 is 29.3 Å². The highest BCUT2D eigenvalue weighted by Gasteiger charge is 2.23. The molecule has 22 heavy (non-hydrogen) atoms. The van der Waals surface area contributed by atoms with Gasteiger partial charge in [0.1, 0.15) is 0 Å². The molecule has 116 valence electrons. The predicted octanol–water partition coefficient (Wildman–Crippen LogP) is 3.97. The molecule has 2 rings (SSSR count). The topological polar surface area (TPSA) is 52.1 Å². The number of methoxy groups -OCH3 is 1. The predicted molar refractivity (Wildman–Crippen MR) is 73.5 cm³/mol. The minimum atomic E-state index is -2.91. The van der Waals surface area contributed by atoms with Crippen molar-refractivity contribution < 1.29 is 22.7 Å². The monoisotopic (exact) mass is 330 g/mol. The molecule has 8 heteroatoms. The maximum absolute atomic E-state index is 14.1. The first kappa shape index (κ1) is 16.2. The first-order valence-corrected chi connectivity index (χ1v) is 6.43. The average Bonchev–Trinajstić information content (AvgIpc) is 2.48. The van der Waals surface area contributed by atoms with Gasteiger partial charge in [0.05, 0.1) is 29.7 Å². The molecular weight excluding hydrogens is 321 g/mol. The van der Waals surface area contributed by atoms with Gasteiger partial charge in [-0.15, -0.1) is 0 Å². The Kier molecular flexibility index (Phi) is 4.65. The molecule has 0 aliphatic heterocycles. The zero-order chi connectivity index (χ0) is 16.4. The lowest BCUT2D eigenvalue weighted by Crippen LogP contribution is -2.09. The van der Waals surface area contributed by atoms with E-state index in [4.69, 9.17) is 11.6 Å². The maximum atomic E-state index is 14.1. The number of alkyl halides is 2. The lowest BCUT2D eigenvalue weighted by molar-refractivity contribution is 0.0592. The van der Waals surface area contributed by atoms with Gasteiger partial charge in [-0.1, -0.05) is 17.7 Å². The number of carbonyl (C=O) groups is 1. The van der Waals surface area contributed by atoms with E-state index >= 15 is 0 Å². The minimum absolute atomic E-state index is 0.0766. The molecule has 0 fully saturated rings. The van der Waals surface area contributed by atoms with Crippen LogP contribution in [-0.2, 0) is 4.74 Å². The number of nitrogens with zero attached hydrogens (tertiary/aromatic N) is 2. The van der Waals surface area contributed by atoms with E-state index in [0.717, 1.165) is 18.3 Å². The van der Waals surface area contributed by atoms with Crippen molar-refractivity contribution in [2.75, 3.05) is 7.11 Å². The number of aromatic nitrogens is 2.